The van der Waals surface area contributed by atoms with Crippen molar-refractivity contribution < 1.29 is 14.3 Å². The van der Waals surface area contributed by atoms with E-state index in [1.54, 1.807) is 25.3 Å². The Morgan fingerprint density at radius 1 is 1.16 bits per heavy atom. The fraction of sp³-hybridized carbons (Fsp3) is 0.208. The number of nitrogens with zero attached hydrogens (tertiary/aromatic N) is 3. The van der Waals surface area contributed by atoms with E-state index in [0.717, 1.165) is 22.2 Å². The van der Waals surface area contributed by atoms with Crippen molar-refractivity contribution in [3.8, 4) is 11.5 Å². The first-order chi connectivity index (χ1) is 15.0. The van der Waals surface area contributed by atoms with Crippen LogP contribution < -0.4 is 9.47 Å². The number of carbonyl (C=O) groups is 1. The Labute approximate surface area is 185 Å². The van der Waals surface area contributed by atoms with Crippen LogP contribution in [0.1, 0.15) is 19.4 Å². The summed E-state index contributed by atoms with van der Waals surface area (Å²) in [5, 5.41) is 1.62. The number of amides is 1. The Morgan fingerprint density at radius 2 is 2.00 bits per heavy atom. The second-order valence-electron chi connectivity index (χ2n) is 7.29. The van der Waals surface area contributed by atoms with Crippen LogP contribution in [0.5, 0.6) is 11.5 Å². The molecule has 1 aromatic heterocycles. The Hall–Kier alpha value is -3.32. The van der Waals surface area contributed by atoms with Crippen LogP contribution in [0.3, 0.4) is 0 Å². The number of amidine groups is 1. The van der Waals surface area contributed by atoms with Gasteiger partial charge in [-0.05, 0) is 62.0 Å². The van der Waals surface area contributed by atoms with Gasteiger partial charge in [0.25, 0.3) is 5.91 Å². The van der Waals surface area contributed by atoms with E-state index in [0.29, 0.717) is 21.6 Å². The molecule has 158 valence electrons. The lowest BCUT2D eigenvalue weighted by Crippen LogP contribution is -2.23. The molecule has 0 spiro atoms. The fourth-order valence-corrected chi connectivity index (χ4v) is 4.18. The molecule has 1 aliphatic heterocycles. The maximum atomic E-state index is 12.9. The summed E-state index contributed by atoms with van der Waals surface area (Å²) in [6.45, 7) is 3.91. The second-order valence-corrected chi connectivity index (χ2v) is 8.30. The standard InChI is InChI=1S/C24H23N3O3S/c1-15(2)30-22-17(7-5-9-20(22)29-4)14-21-23(28)27(3)24(31-21)26-18-10-11-19-16(13-18)8-6-12-25-19/h5-15H,1-4H3/b21-14-,26-24?. The van der Waals surface area contributed by atoms with Crippen LogP contribution in [-0.4, -0.2) is 41.2 Å². The third kappa shape index (κ3) is 4.41. The summed E-state index contributed by atoms with van der Waals surface area (Å²) in [6, 6.07) is 15.3. The van der Waals surface area contributed by atoms with Crippen LogP contribution in [0.25, 0.3) is 17.0 Å². The Balaban J connectivity index is 1.68. The third-order valence-electron chi connectivity index (χ3n) is 4.68. The van der Waals surface area contributed by atoms with Gasteiger partial charge in [-0.3, -0.25) is 14.7 Å². The molecule has 31 heavy (non-hydrogen) atoms. The molecule has 1 fully saturated rings. The maximum absolute atomic E-state index is 12.9. The van der Waals surface area contributed by atoms with Gasteiger partial charge in [0.15, 0.2) is 16.7 Å². The lowest BCUT2D eigenvalue weighted by atomic mass is 10.1. The molecule has 1 saturated heterocycles. The molecule has 1 amide bonds. The number of carbonyl (C=O) groups excluding carboxylic acids is 1. The van der Waals surface area contributed by atoms with Crippen LogP contribution in [0.2, 0.25) is 0 Å². The maximum Gasteiger partial charge on any atom is 0.266 e. The molecule has 0 aliphatic carbocycles. The number of hydrogen-bond donors (Lipinski definition) is 0. The monoisotopic (exact) mass is 433 g/mol. The number of pyridine rings is 1. The van der Waals surface area contributed by atoms with Gasteiger partial charge in [-0.25, -0.2) is 4.99 Å². The molecular formula is C24H23N3O3S. The summed E-state index contributed by atoms with van der Waals surface area (Å²) >= 11 is 1.34. The number of benzene rings is 2. The van der Waals surface area contributed by atoms with Gasteiger partial charge in [-0.15, -0.1) is 0 Å². The highest BCUT2D eigenvalue weighted by Gasteiger charge is 2.31. The van der Waals surface area contributed by atoms with E-state index in [1.165, 1.54) is 11.8 Å². The summed E-state index contributed by atoms with van der Waals surface area (Å²) in [5.41, 5.74) is 2.47. The number of likely N-dealkylation sites (N-methyl/N-ethyl adjacent to an activating group) is 1. The van der Waals surface area contributed by atoms with Crippen molar-refractivity contribution in [2.75, 3.05) is 14.2 Å². The molecule has 0 bridgehead atoms. The van der Waals surface area contributed by atoms with E-state index < -0.39 is 0 Å². The first-order valence-corrected chi connectivity index (χ1v) is 10.7. The average molecular weight is 434 g/mol. The predicted octanol–water partition coefficient (Wildman–Crippen LogP) is 5.26. The SMILES string of the molecule is COc1cccc(/C=C2\SC(=Nc3ccc4ncccc4c3)N(C)C2=O)c1OC(C)C. The lowest BCUT2D eigenvalue weighted by Gasteiger charge is -2.16. The molecule has 0 N–H and O–H groups in total. The van der Waals surface area contributed by atoms with Crippen LogP contribution in [0, 0.1) is 0 Å². The van der Waals surface area contributed by atoms with Crippen LogP contribution >= 0.6 is 11.8 Å². The molecule has 0 atom stereocenters. The van der Waals surface area contributed by atoms with Gasteiger partial charge in [0.2, 0.25) is 0 Å². The van der Waals surface area contributed by atoms with Gasteiger partial charge in [0.1, 0.15) is 0 Å². The van der Waals surface area contributed by atoms with E-state index in [4.69, 9.17) is 14.5 Å². The molecule has 6 nitrogen and oxygen atoms in total. The van der Waals surface area contributed by atoms with E-state index in [1.807, 2.05) is 68.5 Å². The number of ether oxygens (including phenoxy) is 2. The Bertz CT molecular complexity index is 1200. The van der Waals surface area contributed by atoms with E-state index in [9.17, 15) is 4.79 Å². The molecule has 2 aromatic carbocycles. The minimum Gasteiger partial charge on any atom is -0.493 e. The smallest absolute Gasteiger partial charge is 0.266 e. The number of para-hydroxylation sites is 1. The first-order valence-electron chi connectivity index (χ1n) is 9.91. The minimum absolute atomic E-state index is 0.0254. The van der Waals surface area contributed by atoms with Crippen LogP contribution in [-0.2, 0) is 4.79 Å². The van der Waals surface area contributed by atoms with Gasteiger partial charge in [0.05, 0.1) is 29.3 Å². The Kier molecular flexibility index (Phi) is 5.95. The highest BCUT2D eigenvalue weighted by atomic mass is 32.2. The lowest BCUT2D eigenvalue weighted by molar-refractivity contribution is -0.121. The largest absolute Gasteiger partial charge is 0.493 e. The summed E-state index contributed by atoms with van der Waals surface area (Å²) in [7, 11) is 3.33. The van der Waals surface area contributed by atoms with Gasteiger partial charge in [0, 0.05) is 24.2 Å². The normalized spacial score (nSPS) is 16.7. The second kappa shape index (κ2) is 8.81. The number of aliphatic imine (C=N–C) groups is 1. The zero-order valence-electron chi connectivity index (χ0n) is 17.8. The molecule has 0 radical (unpaired) electrons. The quantitative estimate of drug-likeness (QED) is 0.513. The summed E-state index contributed by atoms with van der Waals surface area (Å²) in [4.78, 5) is 24.1. The van der Waals surface area contributed by atoms with Crippen molar-refractivity contribution in [2.45, 2.75) is 20.0 Å². The summed E-state index contributed by atoms with van der Waals surface area (Å²) < 4.78 is 11.4. The zero-order valence-corrected chi connectivity index (χ0v) is 18.6. The number of rotatable bonds is 5. The van der Waals surface area contributed by atoms with Gasteiger partial charge in [-0.2, -0.15) is 0 Å². The van der Waals surface area contributed by atoms with E-state index >= 15 is 0 Å². The molecule has 4 rings (SSSR count). The van der Waals surface area contributed by atoms with Crippen LogP contribution in [0.15, 0.2) is 64.6 Å². The molecule has 0 unspecified atom stereocenters. The van der Waals surface area contributed by atoms with Gasteiger partial charge < -0.3 is 9.47 Å². The van der Waals surface area contributed by atoms with Crippen molar-refractivity contribution in [2.24, 2.45) is 4.99 Å². The van der Waals surface area contributed by atoms with E-state index in [2.05, 4.69) is 4.98 Å². The number of thioether (sulfide) groups is 1. The zero-order chi connectivity index (χ0) is 22.0. The number of methoxy groups -OCH3 is 1. The van der Waals surface area contributed by atoms with Gasteiger partial charge >= 0.3 is 0 Å². The Morgan fingerprint density at radius 3 is 2.77 bits per heavy atom. The topological polar surface area (TPSA) is 64.0 Å². The van der Waals surface area contributed by atoms with Crippen molar-refractivity contribution in [3.05, 3.63) is 65.2 Å². The van der Waals surface area contributed by atoms with Crippen molar-refractivity contribution in [3.63, 3.8) is 0 Å². The summed E-state index contributed by atoms with van der Waals surface area (Å²) in [6.07, 6.45) is 3.57. The van der Waals surface area contributed by atoms with E-state index in [-0.39, 0.29) is 12.0 Å². The average Bonchev–Trinajstić information content (AvgIpc) is 3.02. The third-order valence-corrected chi connectivity index (χ3v) is 5.74. The molecular weight excluding hydrogens is 410 g/mol. The highest BCUT2D eigenvalue weighted by molar-refractivity contribution is 8.18. The van der Waals surface area contributed by atoms with Crippen LogP contribution in [0.4, 0.5) is 5.69 Å². The minimum atomic E-state index is -0.107. The highest BCUT2D eigenvalue weighted by Crippen LogP contribution is 2.38. The molecule has 3 aromatic rings. The first kappa shape index (κ1) is 20.9. The predicted molar refractivity (Wildman–Crippen MR) is 126 cm³/mol. The molecule has 0 saturated carbocycles. The number of aromatic nitrogens is 1. The van der Waals surface area contributed by atoms with Crippen molar-refractivity contribution in [1.29, 1.82) is 0 Å². The van der Waals surface area contributed by atoms with Crippen molar-refractivity contribution >= 4 is 45.5 Å². The molecule has 1 aliphatic rings. The molecule has 7 heteroatoms. The van der Waals surface area contributed by atoms with Crippen molar-refractivity contribution in [1.82, 2.24) is 9.88 Å². The molecule has 2 heterocycles. The number of fused-ring (bicyclic) bond motifs is 1. The van der Waals surface area contributed by atoms with Gasteiger partial charge in [-0.1, -0.05) is 18.2 Å². The number of hydrogen-bond acceptors (Lipinski definition) is 6. The summed E-state index contributed by atoms with van der Waals surface area (Å²) in [5.74, 6) is 1.14. The fourth-order valence-electron chi connectivity index (χ4n) is 3.20.